The van der Waals surface area contributed by atoms with Gasteiger partial charge in [-0.05, 0) is 43.2 Å². The number of hydrogen-bond acceptors (Lipinski definition) is 7. The van der Waals surface area contributed by atoms with Crippen molar-refractivity contribution in [1.82, 2.24) is 25.5 Å². The molecule has 1 aliphatic heterocycles. The first kappa shape index (κ1) is 23.5. The van der Waals surface area contributed by atoms with Crippen LogP contribution in [0.5, 0.6) is 5.75 Å². The molecule has 1 unspecified atom stereocenters. The van der Waals surface area contributed by atoms with E-state index in [1.807, 2.05) is 68.6 Å². The summed E-state index contributed by atoms with van der Waals surface area (Å²) < 4.78 is 11.4. The van der Waals surface area contributed by atoms with Crippen molar-refractivity contribution in [1.29, 1.82) is 0 Å². The lowest BCUT2D eigenvalue weighted by atomic mass is 10.1. The second-order valence-corrected chi connectivity index (χ2v) is 8.70. The van der Waals surface area contributed by atoms with Crippen LogP contribution in [0.15, 0.2) is 60.9 Å². The van der Waals surface area contributed by atoms with Crippen LogP contribution < -0.4 is 15.4 Å². The lowest BCUT2D eigenvalue weighted by molar-refractivity contribution is -0.123. The minimum Gasteiger partial charge on any atom is -0.484 e. The normalized spacial score (nSPS) is 13.2. The van der Waals surface area contributed by atoms with Gasteiger partial charge in [-0.15, -0.1) is 0 Å². The third-order valence-electron chi connectivity index (χ3n) is 6.04. The van der Waals surface area contributed by atoms with Gasteiger partial charge in [0.1, 0.15) is 11.6 Å². The number of hydrogen-bond donors (Lipinski definition) is 3. The van der Waals surface area contributed by atoms with Crippen LogP contribution in [0.2, 0.25) is 0 Å². The Hall–Kier alpha value is -4.24. The third-order valence-corrected chi connectivity index (χ3v) is 6.04. The van der Waals surface area contributed by atoms with Crippen molar-refractivity contribution in [2.75, 3.05) is 11.9 Å². The number of carbonyl (C=O) groups excluding carboxylic acids is 1. The van der Waals surface area contributed by atoms with Crippen LogP contribution >= 0.6 is 0 Å². The number of H-pyrrole nitrogens is 1. The second kappa shape index (κ2) is 10.6. The first-order chi connectivity index (χ1) is 17.6. The zero-order chi connectivity index (χ0) is 24.9. The summed E-state index contributed by atoms with van der Waals surface area (Å²) in [6, 6.07) is 15.6. The van der Waals surface area contributed by atoms with Crippen LogP contribution in [0.1, 0.15) is 31.5 Å². The van der Waals surface area contributed by atoms with E-state index in [-0.39, 0.29) is 18.6 Å². The zero-order valence-electron chi connectivity index (χ0n) is 20.2. The van der Waals surface area contributed by atoms with Crippen LogP contribution in [0.25, 0.3) is 22.5 Å². The van der Waals surface area contributed by atoms with Gasteiger partial charge in [0.2, 0.25) is 0 Å². The molecule has 0 aliphatic carbocycles. The van der Waals surface area contributed by atoms with Crippen molar-refractivity contribution in [2.24, 2.45) is 0 Å². The van der Waals surface area contributed by atoms with Gasteiger partial charge in [0, 0.05) is 34.6 Å². The molecule has 0 bridgehead atoms. The van der Waals surface area contributed by atoms with Crippen molar-refractivity contribution in [3.8, 4) is 28.3 Å². The molecule has 2 aromatic carbocycles. The molecule has 2 aromatic heterocycles. The fraction of sp³-hybridized carbons (Fsp3) is 0.259. The molecule has 1 amide bonds. The van der Waals surface area contributed by atoms with Gasteiger partial charge >= 0.3 is 0 Å². The summed E-state index contributed by atoms with van der Waals surface area (Å²) in [5.41, 5.74) is 5.61. The predicted octanol–water partition coefficient (Wildman–Crippen LogP) is 4.60. The number of aromatic amines is 1. The van der Waals surface area contributed by atoms with Crippen molar-refractivity contribution in [3.63, 3.8) is 0 Å². The SMILES string of the molecule is CCC(C)NC(=O)COc1cccc(-c2nc3c(c(Nc4ccc(-c5cn[nH]c5)cc4)n2)COC3)c1. The molecule has 1 atom stereocenters. The number of benzene rings is 2. The van der Waals surface area contributed by atoms with Crippen LogP contribution in [-0.2, 0) is 22.7 Å². The molecule has 3 N–H and O–H groups in total. The monoisotopic (exact) mass is 484 g/mol. The van der Waals surface area contributed by atoms with E-state index in [0.717, 1.165) is 40.1 Å². The number of carbonyl (C=O) groups is 1. The summed E-state index contributed by atoms with van der Waals surface area (Å²) in [6.07, 6.45) is 4.52. The number of nitrogens with one attached hydrogen (secondary N) is 3. The number of anilines is 2. The number of amides is 1. The first-order valence-corrected chi connectivity index (χ1v) is 12.0. The summed E-state index contributed by atoms with van der Waals surface area (Å²) in [4.78, 5) is 21.6. The molecule has 9 nitrogen and oxygen atoms in total. The molecule has 0 fully saturated rings. The van der Waals surface area contributed by atoms with Gasteiger partial charge in [-0.2, -0.15) is 5.10 Å². The Kier molecular flexibility index (Phi) is 6.90. The van der Waals surface area contributed by atoms with E-state index < -0.39 is 0 Å². The molecular weight excluding hydrogens is 456 g/mol. The summed E-state index contributed by atoms with van der Waals surface area (Å²) in [5, 5.41) is 13.2. The molecule has 9 heteroatoms. The summed E-state index contributed by atoms with van der Waals surface area (Å²) >= 11 is 0. The highest BCUT2D eigenvalue weighted by Gasteiger charge is 2.21. The summed E-state index contributed by atoms with van der Waals surface area (Å²) in [7, 11) is 0. The van der Waals surface area contributed by atoms with Crippen molar-refractivity contribution < 1.29 is 14.3 Å². The van der Waals surface area contributed by atoms with Gasteiger partial charge < -0.3 is 20.1 Å². The van der Waals surface area contributed by atoms with Crippen molar-refractivity contribution >= 4 is 17.4 Å². The van der Waals surface area contributed by atoms with E-state index in [2.05, 4.69) is 20.8 Å². The smallest absolute Gasteiger partial charge is 0.258 e. The van der Waals surface area contributed by atoms with Crippen LogP contribution in [0.4, 0.5) is 11.5 Å². The highest BCUT2D eigenvalue weighted by atomic mass is 16.5. The molecule has 5 rings (SSSR count). The number of nitrogens with zero attached hydrogens (tertiary/aromatic N) is 3. The standard InChI is InChI=1S/C27H28N6O3/c1-3-17(2)30-25(34)16-36-22-6-4-5-19(11-22)26-32-24-15-35-14-23(24)27(33-26)31-21-9-7-18(8-10-21)20-12-28-29-13-20/h4-13,17H,3,14-16H2,1-2H3,(H,28,29)(H,30,34)(H,31,32,33). The van der Waals surface area contributed by atoms with Gasteiger partial charge in [-0.25, -0.2) is 9.97 Å². The molecule has 0 saturated carbocycles. The largest absolute Gasteiger partial charge is 0.484 e. The van der Waals surface area contributed by atoms with E-state index in [1.165, 1.54) is 0 Å². The van der Waals surface area contributed by atoms with E-state index in [1.54, 1.807) is 6.20 Å². The maximum Gasteiger partial charge on any atom is 0.258 e. The van der Waals surface area contributed by atoms with Gasteiger partial charge in [0.15, 0.2) is 12.4 Å². The maximum atomic E-state index is 12.1. The fourth-order valence-electron chi connectivity index (χ4n) is 3.87. The Labute approximate surface area is 209 Å². The minimum absolute atomic E-state index is 0.0473. The zero-order valence-corrected chi connectivity index (χ0v) is 20.2. The number of aromatic nitrogens is 4. The van der Waals surface area contributed by atoms with Gasteiger partial charge in [0.05, 0.1) is 25.1 Å². The Morgan fingerprint density at radius 3 is 2.75 bits per heavy atom. The van der Waals surface area contributed by atoms with Gasteiger partial charge in [-0.1, -0.05) is 31.2 Å². The molecule has 0 saturated heterocycles. The van der Waals surface area contributed by atoms with Gasteiger partial charge in [-0.3, -0.25) is 9.89 Å². The van der Waals surface area contributed by atoms with E-state index in [9.17, 15) is 4.79 Å². The van der Waals surface area contributed by atoms with Crippen LogP contribution in [0, 0.1) is 0 Å². The third kappa shape index (κ3) is 5.36. The van der Waals surface area contributed by atoms with E-state index >= 15 is 0 Å². The van der Waals surface area contributed by atoms with Crippen molar-refractivity contribution in [3.05, 3.63) is 72.2 Å². The van der Waals surface area contributed by atoms with Gasteiger partial charge in [0.25, 0.3) is 5.91 Å². The number of ether oxygens (including phenoxy) is 2. The average Bonchev–Trinajstić information content (AvgIpc) is 3.61. The molecule has 3 heterocycles. The topological polar surface area (TPSA) is 114 Å². The predicted molar refractivity (Wildman–Crippen MR) is 137 cm³/mol. The highest BCUT2D eigenvalue weighted by molar-refractivity contribution is 5.78. The Morgan fingerprint density at radius 1 is 1.11 bits per heavy atom. The lowest BCUT2D eigenvalue weighted by Crippen LogP contribution is -2.35. The highest BCUT2D eigenvalue weighted by Crippen LogP contribution is 2.31. The first-order valence-electron chi connectivity index (χ1n) is 12.0. The maximum absolute atomic E-state index is 12.1. The Bertz CT molecular complexity index is 1340. The Morgan fingerprint density at radius 2 is 1.97 bits per heavy atom. The minimum atomic E-state index is -0.147. The van der Waals surface area contributed by atoms with Crippen molar-refractivity contribution in [2.45, 2.75) is 39.5 Å². The Balaban J connectivity index is 1.35. The molecular formula is C27H28N6O3. The lowest BCUT2D eigenvalue weighted by Gasteiger charge is -2.13. The number of fused-ring (bicyclic) bond motifs is 1. The molecule has 1 aliphatic rings. The quantitative estimate of drug-likeness (QED) is 0.318. The molecule has 0 spiro atoms. The fourth-order valence-corrected chi connectivity index (χ4v) is 3.87. The average molecular weight is 485 g/mol. The molecule has 36 heavy (non-hydrogen) atoms. The number of rotatable bonds is 9. The summed E-state index contributed by atoms with van der Waals surface area (Å²) in [5.74, 6) is 1.71. The molecule has 0 radical (unpaired) electrons. The van der Waals surface area contributed by atoms with E-state index in [4.69, 9.17) is 19.4 Å². The van der Waals surface area contributed by atoms with Crippen LogP contribution in [0.3, 0.4) is 0 Å². The second-order valence-electron chi connectivity index (χ2n) is 8.70. The summed E-state index contributed by atoms with van der Waals surface area (Å²) in [6.45, 7) is 4.84. The molecule has 184 valence electrons. The van der Waals surface area contributed by atoms with Crippen LogP contribution in [-0.4, -0.2) is 38.7 Å². The molecule has 4 aromatic rings. The van der Waals surface area contributed by atoms with E-state index in [0.29, 0.717) is 30.6 Å².